The Morgan fingerprint density at radius 2 is 1.90 bits per heavy atom. The Kier molecular flexibility index (Phi) is 8.36. The van der Waals surface area contributed by atoms with Crippen molar-refractivity contribution < 1.29 is 23.7 Å². The molecular formula is C23H36N2O5. The zero-order valence-corrected chi connectivity index (χ0v) is 18.8. The zero-order valence-electron chi connectivity index (χ0n) is 18.8. The first-order chi connectivity index (χ1) is 14.6. The largest absolute Gasteiger partial charge is 0.496 e. The number of piperidine rings is 1. The standard InChI is InChI=1S/C23H36N2O5/c1-17-21(27-2)7-5-19(23(17)29-4)16-24-10-9-20(25-11-13-30-14-12-25)18(15-24)6-8-22(26)28-3/h5,7,18,20H,6,8-16H2,1-4H3/t18-,20+/m0/s1. The first-order valence-electron chi connectivity index (χ1n) is 10.9. The number of esters is 1. The summed E-state index contributed by atoms with van der Waals surface area (Å²) in [4.78, 5) is 16.8. The Bertz CT molecular complexity index is 705. The van der Waals surface area contributed by atoms with Crippen LogP contribution in [0.3, 0.4) is 0 Å². The average molecular weight is 421 g/mol. The second-order valence-corrected chi connectivity index (χ2v) is 8.20. The molecule has 1 aromatic rings. The topological polar surface area (TPSA) is 60.5 Å². The van der Waals surface area contributed by atoms with Gasteiger partial charge >= 0.3 is 5.97 Å². The molecule has 7 nitrogen and oxygen atoms in total. The summed E-state index contributed by atoms with van der Waals surface area (Å²) in [6, 6.07) is 4.61. The maximum absolute atomic E-state index is 11.8. The van der Waals surface area contributed by atoms with Gasteiger partial charge in [-0.1, -0.05) is 6.07 Å². The van der Waals surface area contributed by atoms with Crippen molar-refractivity contribution in [3.05, 3.63) is 23.3 Å². The van der Waals surface area contributed by atoms with E-state index >= 15 is 0 Å². The van der Waals surface area contributed by atoms with E-state index in [1.165, 1.54) is 12.7 Å². The number of ether oxygens (including phenoxy) is 4. The molecule has 0 radical (unpaired) electrons. The van der Waals surface area contributed by atoms with Crippen LogP contribution < -0.4 is 9.47 Å². The van der Waals surface area contributed by atoms with Crippen molar-refractivity contribution in [1.82, 2.24) is 9.80 Å². The Morgan fingerprint density at radius 3 is 2.57 bits per heavy atom. The normalized spacial score (nSPS) is 23.2. The molecule has 2 atom stereocenters. The summed E-state index contributed by atoms with van der Waals surface area (Å²) in [6.45, 7) is 8.41. The van der Waals surface area contributed by atoms with Crippen LogP contribution in [0.2, 0.25) is 0 Å². The molecule has 0 saturated carbocycles. The van der Waals surface area contributed by atoms with E-state index in [2.05, 4.69) is 15.9 Å². The summed E-state index contributed by atoms with van der Waals surface area (Å²) >= 11 is 0. The maximum Gasteiger partial charge on any atom is 0.305 e. The number of benzene rings is 1. The van der Waals surface area contributed by atoms with Gasteiger partial charge in [0.15, 0.2) is 0 Å². The van der Waals surface area contributed by atoms with Crippen LogP contribution in [-0.4, -0.2) is 82.5 Å². The molecular weight excluding hydrogens is 384 g/mol. The van der Waals surface area contributed by atoms with Gasteiger partial charge in [-0.05, 0) is 38.3 Å². The monoisotopic (exact) mass is 420 g/mol. The number of carbonyl (C=O) groups excluding carboxylic acids is 1. The molecule has 2 saturated heterocycles. The van der Waals surface area contributed by atoms with Crippen LogP contribution in [0.25, 0.3) is 0 Å². The number of carbonyl (C=O) groups is 1. The van der Waals surface area contributed by atoms with E-state index in [1.807, 2.05) is 13.0 Å². The molecule has 168 valence electrons. The van der Waals surface area contributed by atoms with Crippen LogP contribution in [0.5, 0.6) is 11.5 Å². The van der Waals surface area contributed by atoms with Crippen molar-refractivity contribution in [3.63, 3.8) is 0 Å². The highest BCUT2D eigenvalue weighted by Crippen LogP contribution is 2.34. The Hall–Kier alpha value is -1.83. The third-order valence-electron chi connectivity index (χ3n) is 6.50. The number of hydrogen-bond donors (Lipinski definition) is 0. The molecule has 0 spiro atoms. The highest BCUT2D eigenvalue weighted by Gasteiger charge is 2.34. The molecule has 0 unspecified atom stereocenters. The third-order valence-corrected chi connectivity index (χ3v) is 6.50. The zero-order chi connectivity index (χ0) is 21.5. The second kappa shape index (κ2) is 11.0. The van der Waals surface area contributed by atoms with Crippen molar-refractivity contribution in [2.24, 2.45) is 5.92 Å². The molecule has 30 heavy (non-hydrogen) atoms. The highest BCUT2D eigenvalue weighted by molar-refractivity contribution is 5.69. The molecule has 0 amide bonds. The average Bonchev–Trinajstić information content (AvgIpc) is 2.78. The van der Waals surface area contributed by atoms with Gasteiger partial charge in [0.1, 0.15) is 11.5 Å². The van der Waals surface area contributed by atoms with Crippen molar-refractivity contribution in [1.29, 1.82) is 0 Å². The van der Waals surface area contributed by atoms with Crippen molar-refractivity contribution >= 4 is 5.97 Å². The second-order valence-electron chi connectivity index (χ2n) is 8.20. The van der Waals surface area contributed by atoms with Crippen LogP contribution in [0.4, 0.5) is 0 Å². The molecule has 1 aromatic carbocycles. The van der Waals surface area contributed by atoms with Gasteiger partial charge in [-0.25, -0.2) is 0 Å². The fourth-order valence-electron chi connectivity index (χ4n) is 4.92. The minimum absolute atomic E-state index is 0.125. The molecule has 2 aliphatic rings. The number of hydrogen-bond acceptors (Lipinski definition) is 7. The van der Waals surface area contributed by atoms with E-state index in [0.29, 0.717) is 18.4 Å². The van der Waals surface area contributed by atoms with E-state index in [0.717, 1.165) is 75.8 Å². The summed E-state index contributed by atoms with van der Waals surface area (Å²) < 4.78 is 21.6. The summed E-state index contributed by atoms with van der Waals surface area (Å²) in [5.41, 5.74) is 2.20. The molecule has 2 fully saturated rings. The van der Waals surface area contributed by atoms with E-state index in [1.54, 1.807) is 14.2 Å². The van der Waals surface area contributed by atoms with Gasteiger partial charge in [-0.15, -0.1) is 0 Å². The van der Waals surface area contributed by atoms with E-state index < -0.39 is 0 Å². The van der Waals surface area contributed by atoms with Crippen LogP contribution in [0, 0.1) is 12.8 Å². The lowest BCUT2D eigenvalue weighted by Crippen LogP contribution is -2.53. The van der Waals surface area contributed by atoms with E-state index in [4.69, 9.17) is 18.9 Å². The fourth-order valence-corrected chi connectivity index (χ4v) is 4.92. The van der Waals surface area contributed by atoms with Crippen molar-refractivity contribution in [2.75, 3.05) is 60.7 Å². The van der Waals surface area contributed by atoms with Gasteiger partial charge in [-0.2, -0.15) is 0 Å². The van der Waals surface area contributed by atoms with Crippen molar-refractivity contribution in [2.45, 2.75) is 38.8 Å². The lowest BCUT2D eigenvalue weighted by molar-refractivity contribution is -0.141. The number of nitrogens with zero attached hydrogens (tertiary/aromatic N) is 2. The molecule has 7 heteroatoms. The smallest absolute Gasteiger partial charge is 0.305 e. The number of rotatable bonds is 8. The van der Waals surface area contributed by atoms with Crippen LogP contribution in [0.15, 0.2) is 12.1 Å². The Balaban J connectivity index is 1.71. The number of likely N-dealkylation sites (tertiary alicyclic amines) is 1. The van der Waals surface area contributed by atoms with Gasteiger partial charge < -0.3 is 18.9 Å². The molecule has 2 heterocycles. The summed E-state index contributed by atoms with van der Waals surface area (Å²) in [5, 5.41) is 0. The minimum Gasteiger partial charge on any atom is -0.496 e. The first kappa shape index (κ1) is 22.8. The molecule has 0 N–H and O–H groups in total. The van der Waals surface area contributed by atoms with Crippen LogP contribution in [-0.2, 0) is 20.8 Å². The molecule has 0 aromatic heterocycles. The van der Waals surface area contributed by atoms with Crippen LogP contribution in [0.1, 0.15) is 30.4 Å². The molecule has 2 aliphatic heterocycles. The first-order valence-corrected chi connectivity index (χ1v) is 10.9. The van der Waals surface area contributed by atoms with Gasteiger partial charge in [0.05, 0.1) is 34.5 Å². The predicted molar refractivity (Wildman–Crippen MR) is 115 cm³/mol. The SMILES string of the molecule is COC(=O)CC[C@H]1CN(Cc2ccc(OC)c(C)c2OC)CC[C@H]1N1CCOCC1. The minimum atomic E-state index is -0.125. The fraction of sp³-hybridized carbons (Fsp3) is 0.696. The van der Waals surface area contributed by atoms with Gasteiger partial charge in [0.2, 0.25) is 0 Å². The molecule has 0 bridgehead atoms. The number of methoxy groups -OCH3 is 3. The molecule has 0 aliphatic carbocycles. The van der Waals surface area contributed by atoms with Gasteiger partial charge in [0.25, 0.3) is 0 Å². The quantitative estimate of drug-likeness (QED) is 0.599. The summed E-state index contributed by atoms with van der Waals surface area (Å²) in [5.74, 6) is 2.05. The Morgan fingerprint density at radius 1 is 1.13 bits per heavy atom. The maximum atomic E-state index is 11.8. The van der Waals surface area contributed by atoms with Gasteiger partial charge in [-0.3, -0.25) is 14.6 Å². The van der Waals surface area contributed by atoms with E-state index in [-0.39, 0.29) is 5.97 Å². The summed E-state index contributed by atoms with van der Waals surface area (Å²) in [7, 11) is 4.87. The van der Waals surface area contributed by atoms with Gasteiger partial charge in [0, 0.05) is 49.8 Å². The highest BCUT2D eigenvalue weighted by atomic mass is 16.5. The lowest BCUT2D eigenvalue weighted by atomic mass is 9.86. The van der Waals surface area contributed by atoms with Crippen LogP contribution >= 0.6 is 0 Å². The predicted octanol–water partition coefficient (Wildman–Crippen LogP) is 2.49. The Labute approximate surface area is 180 Å². The summed E-state index contributed by atoms with van der Waals surface area (Å²) in [6.07, 6.45) is 2.42. The van der Waals surface area contributed by atoms with Crippen molar-refractivity contribution in [3.8, 4) is 11.5 Å². The number of morpholine rings is 1. The molecule has 3 rings (SSSR count). The third kappa shape index (κ3) is 5.45. The van der Waals surface area contributed by atoms with E-state index in [9.17, 15) is 4.79 Å². The lowest BCUT2D eigenvalue weighted by Gasteiger charge is -2.45.